The van der Waals surface area contributed by atoms with E-state index in [4.69, 9.17) is 0 Å². The average Bonchev–Trinajstić information content (AvgIpc) is 2.49. The average molecular weight is 286 g/mol. The van der Waals surface area contributed by atoms with E-state index in [0.29, 0.717) is 24.3 Å². The summed E-state index contributed by atoms with van der Waals surface area (Å²) in [4.78, 5) is 12.3. The molecule has 1 amide bonds. The van der Waals surface area contributed by atoms with Gasteiger partial charge in [0.15, 0.2) is 0 Å². The molecule has 114 valence electrons. The molecule has 0 bridgehead atoms. The lowest BCUT2D eigenvalue weighted by Crippen LogP contribution is -2.48. The maximum Gasteiger partial charge on any atom is 0.220 e. The summed E-state index contributed by atoms with van der Waals surface area (Å²) in [6.45, 7) is 4.25. The molecule has 3 unspecified atom stereocenters. The minimum atomic E-state index is 0.248. The van der Waals surface area contributed by atoms with Gasteiger partial charge in [-0.25, -0.2) is 0 Å². The summed E-state index contributed by atoms with van der Waals surface area (Å²) in [5.41, 5.74) is 2.91. The minimum absolute atomic E-state index is 0.248. The van der Waals surface area contributed by atoms with Gasteiger partial charge in [0.2, 0.25) is 5.91 Å². The van der Waals surface area contributed by atoms with Crippen molar-refractivity contribution in [2.75, 3.05) is 13.1 Å². The quantitative estimate of drug-likeness (QED) is 0.895. The normalized spacial score (nSPS) is 28.7. The number of hydrogen-bond acceptors (Lipinski definition) is 2. The van der Waals surface area contributed by atoms with E-state index in [1.807, 2.05) is 0 Å². The van der Waals surface area contributed by atoms with Gasteiger partial charge in [-0.2, -0.15) is 0 Å². The van der Waals surface area contributed by atoms with Crippen LogP contribution in [0, 0.1) is 11.8 Å². The number of benzene rings is 1. The van der Waals surface area contributed by atoms with Crippen LogP contribution in [-0.4, -0.2) is 25.0 Å². The monoisotopic (exact) mass is 286 g/mol. The highest BCUT2D eigenvalue weighted by Gasteiger charge is 2.25. The molecule has 2 N–H and O–H groups in total. The van der Waals surface area contributed by atoms with E-state index >= 15 is 0 Å². The summed E-state index contributed by atoms with van der Waals surface area (Å²) in [6.07, 6.45) is 5.07. The van der Waals surface area contributed by atoms with E-state index in [1.165, 1.54) is 11.1 Å². The fourth-order valence-corrected chi connectivity index (χ4v) is 3.70. The summed E-state index contributed by atoms with van der Waals surface area (Å²) >= 11 is 0. The van der Waals surface area contributed by atoms with E-state index in [9.17, 15) is 4.79 Å². The molecule has 21 heavy (non-hydrogen) atoms. The second kappa shape index (κ2) is 6.61. The van der Waals surface area contributed by atoms with Gasteiger partial charge in [-0.1, -0.05) is 31.2 Å². The first kappa shape index (κ1) is 14.6. The van der Waals surface area contributed by atoms with Crippen LogP contribution in [0.2, 0.25) is 0 Å². The predicted molar refractivity (Wildman–Crippen MR) is 85.2 cm³/mol. The lowest BCUT2D eigenvalue weighted by molar-refractivity contribution is -0.123. The summed E-state index contributed by atoms with van der Waals surface area (Å²) in [5, 5.41) is 6.64. The third-order valence-electron chi connectivity index (χ3n) is 5.05. The number of nitrogens with one attached hydrogen (secondary N) is 2. The smallest absolute Gasteiger partial charge is 0.220 e. The van der Waals surface area contributed by atoms with Crippen molar-refractivity contribution in [1.82, 2.24) is 10.6 Å². The van der Waals surface area contributed by atoms with Crippen LogP contribution < -0.4 is 10.6 Å². The van der Waals surface area contributed by atoms with Crippen molar-refractivity contribution in [3.63, 3.8) is 0 Å². The Kier molecular flexibility index (Phi) is 4.59. The molecule has 1 aliphatic heterocycles. The van der Waals surface area contributed by atoms with Crippen molar-refractivity contribution in [3.8, 4) is 0 Å². The van der Waals surface area contributed by atoms with Crippen LogP contribution in [0.15, 0.2) is 24.3 Å². The number of carbonyl (C=O) groups is 1. The molecule has 1 saturated heterocycles. The van der Waals surface area contributed by atoms with E-state index in [2.05, 4.69) is 41.8 Å². The number of carbonyl (C=O) groups excluding carboxylic acids is 1. The molecule has 3 nitrogen and oxygen atoms in total. The van der Waals surface area contributed by atoms with Gasteiger partial charge in [0.1, 0.15) is 0 Å². The zero-order valence-electron chi connectivity index (χ0n) is 12.9. The molecule has 0 spiro atoms. The molecule has 0 saturated carbocycles. The second-order valence-electron chi connectivity index (χ2n) is 6.73. The van der Waals surface area contributed by atoms with Crippen molar-refractivity contribution in [2.24, 2.45) is 11.8 Å². The summed E-state index contributed by atoms with van der Waals surface area (Å²) in [7, 11) is 0. The number of fused-ring (bicyclic) bond motifs is 1. The maximum atomic E-state index is 12.3. The standard InChI is InChI=1S/C18H26N2O/c1-13-12-19-9-8-17(13)20-18(21)11-14-6-7-15-4-2-3-5-16(15)10-14/h2-5,13-14,17,19H,6-12H2,1H3,(H,20,21). The summed E-state index contributed by atoms with van der Waals surface area (Å²) < 4.78 is 0. The highest BCUT2D eigenvalue weighted by Crippen LogP contribution is 2.27. The third-order valence-corrected chi connectivity index (χ3v) is 5.05. The minimum Gasteiger partial charge on any atom is -0.353 e. The van der Waals surface area contributed by atoms with Gasteiger partial charge in [-0.15, -0.1) is 0 Å². The molecule has 3 rings (SSSR count). The van der Waals surface area contributed by atoms with E-state index in [1.54, 1.807) is 0 Å². The highest BCUT2D eigenvalue weighted by molar-refractivity contribution is 5.76. The van der Waals surface area contributed by atoms with Crippen molar-refractivity contribution < 1.29 is 4.79 Å². The maximum absolute atomic E-state index is 12.3. The highest BCUT2D eigenvalue weighted by atomic mass is 16.1. The molecule has 2 aliphatic rings. The fourth-order valence-electron chi connectivity index (χ4n) is 3.70. The summed E-state index contributed by atoms with van der Waals surface area (Å²) in [5.74, 6) is 1.30. The Morgan fingerprint density at radius 1 is 1.29 bits per heavy atom. The van der Waals surface area contributed by atoms with Gasteiger partial charge in [0.25, 0.3) is 0 Å². The van der Waals surface area contributed by atoms with Gasteiger partial charge < -0.3 is 10.6 Å². The summed E-state index contributed by atoms with van der Waals surface area (Å²) in [6, 6.07) is 9.02. The van der Waals surface area contributed by atoms with Gasteiger partial charge in [-0.3, -0.25) is 4.79 Å². The van der Waals surface area contributed by atoms with Crippen LogP contribution in [-0.2, 0) is 17.6 Å². The van der Waals surface area contributed by atoms with Crippen molar-refractivity contribution in [1.29, 1.82) is 0 Å². The predicted octanol–water partition coefficient (Wildman–Crippen LogP) is 2.30. The molecular formula is C18H26N2O. The Morgan fingerprint density at radius 3 is 2.90 bits per heavy atom. The Balaban J connectivity index is 1.52. The van der Waals surface area contributed by atoms with E-state index < -0.39 is 0 Å². The van der Waals surface area contributed by atoms with Gasteiger partial charge in [0, 0.05) is 12.5 Å². The molecule has 1 aromatic rings. The molecule has 3 atom stereocenters. The third kappa shape index (κ3) is 3.65. The van der Waals surface area contributed by atoms with Crippen molar-refractivity contribution >= 4 is 5.91 Å². The van der Waals surface area contributed by atoms with E-state index in [-0.39, 0.29) is 5.91 Å². The first-order chi connectivity index (χ1) is 10.2. The van der Waals surface area contributed by atoms with Gasteiger partial charge in [-0.05, 0) is 61.7 Å². The zero-order chi connectivity index (χ0) is 14.7. The SMILES string of the molecule is CC1CNCCC1NC(=O)CC1CCc2ccccc2C1. The molecular weight excluding hydrogens is 260 g/mol. The lowest BCUT2D eigenvalue weighted by atomic mass is 9.82. The number of hydrogen-bond donors (Lipinski definition) is 2. The zero-order valence-corrected chi connectivity index (χ0v) is 12.9. The van der Waals surface area contributed by atoms with Crippen LogP contribution in [0.5, 0.6) is 0 Å². The number of piperidine rings is 1. The van der Waals surface area contributed by atoms with Crippen LogP contribution in [0.4, 0.5) is 0 Å². The molecule has 3 heteroatoms. The molecule has 1 aromatic carbocycles. The Labute approximate surface area is 127 Å². The number of rotatable bonds is 3. The molecule has 1 heterocycles. The molecule has 0 radical (unpaired) electrons. The van der Waals surface area contributed by atoms with Crippen molar-refractivity contribution in [2.45, 2.75) is 45.1 Å². The largest absolute Gasteiger partial charge is 0.353 e. The first-order valence-corrected chi connectivity index (χ1v) is 8.29. The van der Waals surface area contributed by atoms with Gasteiger partial charge in [0.05, 0.1) is 0 Å². The Morgan fingerprint density at radius 2 is 2.10 bits per heavy atom. The second-order valence-corrected chi connectivity index (χ2v) is 6.73. The topological polar surface area (TPSA) is 41.1 Å². The van der Waals surface area contributed by atoms with Crippen LogP contribution in [0.25, 0.3) is 0 Å². The number of aryl methyl sites for hydroxylation is 1. The molecule has 0 aromatic heterocycles. The number of amides is 1. The lowest BCUT2D eigenvalue weighted by Gasteiger charge is -2.31. The van der Waals surface area contributed by atoms with Crippen LogP contribution >= 0.6 is 0 Å². The molecule has 1 aliphatic carbocycles. The Bertz CT molecular complexity index is 500. The fraction of sp³-hybridized carbons (Fsp3) is 0.611. The van der Waals surface area contributed by atoms with Gasteiger partial charge >= 0.3 is 0 Å². The molecule has 1 fully saturated rings. The van der Waals surface area contributed by atoms with Crippen LogP contribution in [0.1, 0.15) is 37.3 Å². The van der Waals surface area contributed by atoms with Crippen molar-refractivity contribution in [3.05, 3.63) is 35.4 Å². The first-order valence-electron chi connectivity index (χ1n) is 8.29. The Hall–Kier alpha value is -1.35. The van der Waals surface area contributed by atoms with E-state index in [0.717, 1.165) is 38.8 Å². The van der Waals surface area contributed by atoms with Crippen LogP contribution in [0.3, 0.4) is 0 Å².